The number of nitrogens with one attached hydrogen (secondary N) is 2. The van der Waals surface area contributed by atoms with Crippen LogP contribution in [0, 0.1) is 13.8 Å². The SMILES string of the molecule is Cc1cnc(CN(Cc2ccc(CNC(=O)C3Cc4ccccc4CN3)cc2CO)C2CCCc3cccnc32)c(C)c1. The van der Waals surface area contributed by atoms with E-state index in [2.05, 4.69) is 65.8 Å². The van der Waals surface area contributed by atoms with Gasteiger partial charge in [0.15, 0.2) is 0 Å². The molecule has 7 heteroatoms. The molecule has 4 aromatic rings. The fourth-order valence-electron chi connectivity index (χ4n) is 6.58. The van der Waals surface area contributed by atoms with Crippen LogP contribution in [0.1, 0.15) is 74.8 Å². The summed E-state index contributed by atoms with van der Waals surface area (Å²) in [7, 11) is 0. The molecule has 0 saturated carbocycles. The fourth-order valence-corrected chi connectivity index (χ4v) is 6.58. The third kappa shape index (κ3) is 6.69. The van der Waals surface area contributed by atoms with E-state index in [4.69, 9.17) is 9.97 Å². The van der Waals surface area contributed by atoms with Gasteiger partial charge in [-0.2, -0.15) is 0 Å². The lowest BCUT2D eigenvalue weighted by Gasteiger charge is -2.35. The predicted octanol–water partition coefficient (Wildman–Crippen LogP) is 5.00. The number of hydrogen-bond acceptors (Lipinski definition) is 6. The summed E-state index contributed by atoms with van der Waals surface area (Å²) in [6.45, 7) is 6.63. The summed E-state index contributed by atoms with van der Waals surface area (Å²) in [5, 5.41) is 16.9. The molecule has 1 aliphatic carbocycles. The molecule has 2 aromatic carbocycles. The second-order valence-electron chi connectivity index (χ2n) is 12.0. The van der Waals surface area contributed by atoms with Gasteiger partial charge >= 0.3 is 0 Å². The smallest absolute Gasteiger partial charge is 0.237 e. The average molecular weight is 576 g/mol. The molecule has 0 bridgehead atoms. The quantitative estimate of drug-likeness (QED) is 0.260. The molecule has 1 aliphatic heterocycles. The second kappa shape index (κ2) is 13.2. The Morgan fingerprint density at radius 1 is 1.00 bits per heavy atom. The number of rotatable bonds is 9. The van der Waals surface area contributed by atoms with Crippen molar-refractivity contribution < 1.29 is 9.90 Å². The highest BCUT2D eigenvalue weighted by molar-refractivity contribution is 5.82. The van der Waals surface area contributed by atoms with Gasteiger partial charge in [-0.15, -0.1) is 0 Å². The van der Waals surface area contributed by atoms with E-state index in [1.165, 1.54) is 22.3 Å². The van der Waals surface area contributed by atoms with Gasteiger partial charge in [0.25, 0.3) is 0 Å². The minimum atomic E-state index is -0.245. The molecule has 0 fully saturated rings. The Morgan fingerprint density at radius 3 is 2.67 bits per heavy atom. The molecule has 43 heavy (non-hydrogen) atoms. The van der Waals surface area contributed by atoms with Crippen molar-refractivity contribution in [2.75, 3.05) is 0 Å². The van der Waals surface area contributed by atoms with Gasteiger partial charge in [-0.1, -0.05) is 54.6 Å². The Hall–Kier alpha value is -3.91. The van der Waals surface area contributed by atoms with E-state index in [-0.39, 0.29) is 24.6 Å². The molecule has 7 nitrogen and oxygen atoms in total. The van der Waals surface area contributed by atoms with Crippen LogP contribution >= 0.6 is 0 Å². The zero-order valence-electron chi connectivity index (χ0n) is 25.1. The van der Waals surface area contributed by atoms with Gasteiger partial charge in [0.05, 0.1) is 30.1 Å². The summed E-state index contributed by atoms with van der Waals surface area (Å²) in [4.78, 5) is 25.1. The molecule has 2 aromatic heterocycles. The number of carbonyl (C=O) groups is 1. The summed E-state index contributed by atoms with van der Waals surface area (Å²) in [5.74, 6) is -0.000246. The molecule has 2 unspecified atom stereocenters. The molecule has 0 radical (unpaired) electrons. The first kappa shape index (κ1) is 29.2. The highest BCUT2D eigenvalue weighted by Crippen LogP contribution is 2.35. The number of aryl methyl sites for hydroxylation is 3. The van der Waals surface area contributed by atoms with E-state index in [9.17, 15) is 9.90 Å². The van der Waals surface area contributed by atoms with E-state index in [1.807, 2.05) is 36.7 Å². The number of aliphatic hydroxyl groups is 1. The summed E-state index contributed by atoms with van der Waals surface area (Å²) < 4.78 is 0. The van der Waals surface area contributed by atoms with Crippen LogP contribution < -0.4 is 10.6 Å². The van der Waals surface area contributed by atoms with Gasteiger partial charge in [0.1, 0.15) is 0 Å². The van der Waals surface area contributed by atoms with E-state index in [0.29, 0.717) is 32.6 Å². The van der Waals surface area contributed by atoms with Gasteiger partial charge in [0.2, 0.25) is 5.91 Å². The first-order chi connectivity index (χ1) is 21.0. The number of aliphatic hydroxyl groups excluding tert-OH is 1. The van der Waals surface area contributed by atoms with Crippen molar-refractivity contribution in [3.63, 3.8) is 0 Å². The number of nitrogens with zero attached hydrogens (tertiary/aromatic N) is 3. The lowest BCUT2D eigenvalue weighted by Crippen LogP contribution is -2.47. The zero-order valence-corrected chi connectivity index (χ0v) is 25.1. The molecule has 3 heterocycles. The van der Waals surface area contributed by atoms with Crippen molar-refractivity contribution in [1.82, 2.24) is 25.5 Å². The standard InChI is InChI=1S/C36H41N5O2/c1-24-15-25(2)33(38-18-24)22-41(34-11-5-9-27-10-6-14-37-35(27)34)21-30-13-12-26(16-31(30)23-42)19-40-36(43)32-17-28-7-3-4-8-29(28)20-39-32/h3-4,6-8,10,12-16,18,32,34,39,42H,5,9,11,17,19-23H2,1-2H3,(H,40,43). The zero-order chi connectivity index (χ0) is 29.8. The maximum absolute atomic E-state index is 13.0. The molecule has 222 valence electrons. The number of carbonyl (C=O) groups excluding carboxylic acids is 1. The van der Waals surface area contributed by atoms with Gasteiger partial charge in [0, 0.05) is 38.6 Å². The largest absolute Gasteiger partial charge is 0.392 e. The maximum Gasteiger partial charge on any atom is 0.237 e. The van der Waals surface area contributed by atoms with Gasteiger partial charge in [-0.05, 0) is 90.1 Å². The monoisotopic (exact) mass is 575 g/mol. The molecule has 0 saturated heterocycles. The Bertz CT molecular complexity index is 1600. The highest BCUT2D eigenvalue weighted by Gasteiger charge is 2.29. The van der Waals surface area contributed by atoms with E-state index in [1.54, 1.807) is 0 Å². The van der Waals surface area contributed by atoms with Crippen molar-refractivity contribution >= 4 is 5.91 Å². The number of amides is 1. The van der Waals surface area contributed by atoms with Crippen molar-refractivity contribution in [3.05, 3.63) is 129 Å². The molecule has 0 spiro atoms. The van der Waals surface area contributed by atoms with Crippen LogP contribution in [-0.4, -0.2) is 31.9 Å². The van der Waals surface area contributed by atoms with Crippen LogP contribution in [0.15, 0.2) is 73.1 Å². The summed E-state index contributed by atoms with van der Waals surface area (Å²) >= 11 is 0. The van der Waals surface area contributed by atoms with Crippen molar-refractivity contribution in [2.45, 2.75) is 84.4 Å². The van der Waals surface area contributed by atoms with Crippen LogP contribution in [0.5, 0.6) is 0 Å². The van der Waals surface area contributed by atoms with Crippen LogP contribution in [0.3, 0.4) is 0 Å². The topological polar surface area (TPSA) is 90.4 Å². The predicted molar refractivity (Wildman–Crippen MR) is 168 cm³/mol. The Labute approximate surface area is 254 Å². The third-order valence-electron chi connectivity index (χ3n) is 8.96. The number of fused-ring (bicyclic) bond motifs is 2. The molecular formula is C36H41N5O2. The number of pyridine rings is 2. The second-order valence-corrected chi connectivity index (χ2v) is 12.0. The van der Waals surface area contributed by atoms with Crippen molar-refractivity contribution in [3.8, 4) is 0 Å². The first-order valence-corrected chi connectivity index (χ1v) is 15.4. The van der Waals surface area contributed by atoms with Crippen LogP contribution in [0.25, 0.3) is 0 Å². The normalized spacial score (nSPS) is 17.8. The van der Waals surface area contributed by atoms with E-state index >= 15 is 0 Å². The van der Waals surface area contributed by atoms with Gasteiger partial charge < -0.3 is 15.7 Å². The summed E-state index contributed by atoms with van der Waals surface area (Å²) in [5.41, 5.74) is 11.3. The van der Waals surface area contributed by atoms with Gasteiger partial charge in [-0.3, -0.25) is 19.7 Å². The molecule has 3 N–H and O–H groups in total. The molecule has 6 rings (SSSR count). The molecular weight excluding hydrogens is 534 g/mol. The van der Waals surface area contributed by atoms with Crippen LogP contribution in [-0.2, 0) is 50.4 Å². The van der Waals surface area contributed by atoms with E-state index < -0.39 is 0 Å². The molecule has 2 aliphatic rings. The number of hydrogen-bond donors (Lipinski definition) is 3. The molecule has 2 atom stereocenters. The number of benzene rings is 2. The minimum Gasteiger partial charge on any atom is -0.392 e. The fraction of sp³-hybridized carbons (Fsp3) is 0.361. The Kier molecular flexibility index (Phi) is 8.93. The van der Waals surface area contributed by atoms with Gasteiger partial charge in [-0.25, -0.2) is 0 Å². The molecule has 1 amide bonds. The minimum absolute atomic E-state index is 0.000246. The Balaban J connectivity index is 1.19. The van der Waals surface area contributed by atoms with Crippen LogP contribution in [0.4, 0.5) is 0 Å². The summed E-state index contributed by atoms with van der Waals surface area (Å²) in [6.07, 6.45) is 7.74. The lowest BCUT2D eigenvalue weighted by molar-refractivity contribution is -0.123. The van der Waals surface area contributed by atoms with Crippen molar-refractivity contribution in [2.24, 2.45) is 0 Å². The number of aromatic nitrogens is 2. The van der Waals surface area contributed by atoms with Crippen molar-refractivity contribution in [1.29, 1.82) is 0 Å². The third-order valence-corrected chi connectivity index (χ3v) is 8.96. The maximum atomic E-state index is 13.0. The summed E-state index contributed by atoms with van der Waals surface area (Å²) in [6, 6.07) is 20.8. The highest BCUT2D eigenvalue weighted by atomic mass is 16.3. The Morgan fingerprint density at radius 2 is 1.84 bits per heavy atom. The average Bonchev–Trinajstić information content (AvgIpc) is 3.04. The van der Waals surface area contributed by atoms with E-state index in [0.717, 1.165) is 52.9 Å². The first-order valence-electron chi connectivity index (χ1n) is 15.4. The lowest BCUT2D eigenvalue weighted by atomic mass is 9.90. The van der Waals surface area contributed by atoms with Crippen LogP contribution in [0.2, 0.25) is 0 Å².